The Morgan fingerprint density at radius 1 is 1.29 bits per heavy atom. The summed E-state index contributed by atoms with van der Waals surface area (Å²) in [6, 6.07) is 7.18. The number of ether oxygens (including phenoxy) is 3. The Labute approximate surface area is 123 Å². The van der Waals surface area contributed by atoms with Crippen LogP contribution in [0.25, 0.3) is 0 Å². The van der Waals surface area contributed by atoms with Crippen molar-refractivity contribution < 1.29 is 23.8 Å². The molecule has 1 atom stereocenters. The molecular formula is C15H19NO5. The van der Waals surface area contributed by atoms with E-state index in [1.54, 1.807) is 26.0 Å². The van der Waals surface area contributed by atoms with Gasteiger partial charge in [-0.3, -0.25) is 9.59 Å². The Balaban J connectivity index is 2.01. The molecule has 0 fully saturated rings. The van der Waals surface area contributed by atoms with E-state index in [0.29, 0.717) is 24.7 Å². The van der Waals surface area contributed by atoms with Crippen molar-refractivity contribution in [2.24, 2.45) is 0 Å². The van der Waals surface area contributed by atoms with Crippen LogP contribution in [-0.2, 0) is 14.3 Å². The van der Waals surface area contributed by atoms with Crippen LogP contribution in [0.15, 0.2) is 24.3 Å². The molecule has 0 radical (unpaired) electrons. The number of benzene rings is 1. The fraction of sp³-hybridized carbons (Fsp3) is 0.467. The SMILES string of the molecule is CCOC(=O)CN(CC)C(=O)C1COc2ccccc2O1. The van der Waals surface area contributed by atoms with Gasteiger partial charge >= 0.3 is 5.97 Å². The first-order chi connectivity index (χ1) is 10.2. The van der Waals surface area contributed by atoms with Gasteiger partial charge in [-0.05, 0) is 26.0 Å². The second-order valence-corrected chi connectivity index (χ2v) is 4.52. The molecule has 1 aliphatic rings. The van der Waals surface area contributed by atoms with Crippen molar-refractivity contribution in [3.05, 3.63) is 24.3 Å². The van der Waals surface area contributed by atoms with E-state index in [1.807, 2.05) is 12.1 Å². The first-order valence-electron chi connectivity index (χ1n) is 6.98. The summed E-state index contributed by atoms with van der Waals surface area (Å²) in [6.07, 6.45) is -0.741. The highest BCUT2D eigenvalue weighted by atomic mass is 16.6. The van der Waals surface area contributed by atoms with Crippen molar-refractivity contribution >= 4 is 11.9 Å². The molecule has 21 heavy (non-hydrogen) atoms. The van der Waals surface area contributed by atoms with Gasteiger partial charge in [0.05, 0.1) is 6.61 Å². The highest BCUT2D eigenvalue weighted by Crippen LogP contribution is 2.31. The van der Waals surface area contributed by atoms with Gasteiger partial charge in [0.2, 0.25) is 6.10 Å². The van der Waals surface area contributed by atoms with E-state index >= 15 is 0 Å². The fourth-order valence-electron chi connectivity index (χ4n) is 2.05. The zero-order valence-corrected chi connectivity index (χ0v) is 12.2. The molecule has 1 aromatic rings. The number of amides is 1. The lowest BCUT2D eigenvalue weighted by molar-refractivity contribution is -0.152. The number of hydrogen-bond acceptors (Lipinski definition) is 5. The zero-order valence-electron chi connectivity index (χ0n) is 12.2. The van der Waals surface area contributed by atoms with Crippen molar-refractivity contribution in [2.45, 2.75) is 20.0 Å². The van der Waals surface area contributed by atoms with Crippen molar-refractivity contribution in [2.75, 3.05) is 26.3 Å². The number of hydrogen-bond donors (Lipinski definition) is 0. The fourth-order valence-corrected chi connectivity index (χ4v) is 2.05. The molecule has 1 aliphatic heterocycles. The molecule has 0 saturated carbocycles. The van der Waals surface area contributed by atoms with Gasteiger partial charge in [-0.15, -0.1) is 0 Å². The second-order valence-electron chi connectivity index (χ2n) is 4.52. The van der Waals surface area contributed by atoms with E-state index < -0.39 is 12.1 Å². The van der Waals surface area contributed by atoms with Crippen molar-refractivity contribution in [1.82, 2.24) is 4.90 Å². The van der Waals surface area contributed by atoms with Gasteiger partial charge in [-0.2, -0.15) is 0 Å². The molecule has 0 spiro atoms. The Morgan fingerprint density at radius 2 is 2.00 bits per heavy atom. The van der Waals surface area contributed by atoms with Crippen LogP contribution in [0, 0.1) is 0 Å². The van der Waals surface area contributed by atoms with Crippen LogP contribution in [0.4, 0.5) is 0 Å². The quantitative estimate of drug-likeness (QED) is 0.764. The van der Waals surface area contributed by atoms with E-state index in [1.165, 1.54) is 4.90 Å². The number of para-hydroxylation sites is 2. The van der Waals surface area contributed by atoms with Gasteiger partial charge in [0.15, 0.2) is 11.5 Å². The summed E-state index contributed by atoms with van der Waals surface area (Å²) in [7, 11) is 0. The molecule has 1 heterocycles. The largest absolute Gasteiger partial charge is 0.485 e. The van der Waals surface area contributed by atoms with Crippen molar-refractivity contribution in [1.29, 1.82) is 0 Å². The zero-order chi connectivity index (χ0) is 15.2. The highest BCUT2D eigenvalue weighted by Gasteiger charge is 2.31. The molecule has 0 N–H and O–H groups in total. The van der Waals surface area contributed by atoms with E-state index in [-0.39, 0.29) is 19.1 Å². The van der Waals surface area contributed by atoms with Crippen LogP contribution >= 0.6 is 0 Å². The first kappa shape index (κ1) is 15.2. The molecule has 2 rings (SSSR count). The topological polar surface area (TPSA) is 65.1 Å². The first-order valence-corrected chi connectivity index (χ1v) is 6.98. The van der Waals surface area contributed by atoms with Gasteiger partial charge in [0.25, 0.3) is 5.91 Å². The van der Waals surface area contributed by atoms with Crippen LogP contribution in [0.2, 0.25) is 0 Å². The molecule has 6 nitrogen and oxygen atoms in total. The number of fused-ring (bicyclic) bond motifs is 1. The molecule has 114 valence electrons. The third-order valence-electron chi connectivity index (χ3n) is 3.10. The number of nitrogens with zero attached hydrogens (tertiary/aromatic N) is 1. The molecule has 6 heteroatoms. The third kappa shape index (κ3) is 3.65. The van der Waals surface area contributed by atoms with Crippen LogP contribution in [0.5, 0.6) is 11.5 Å². The number of carbonyl (C=O) groups excluding carboxylic acids is 2. The minimum atomic E-state index is -0.741. The lowest BCUT2D eigenvalue weighted by Gasteiger charge is -2.29. The number of esters is 1. The Morgan fingerprint density at radius 3 is 2.67 bits per heavy atom. The Hall–Kier alpha value is -2.24. The minimum absolute atomic E-state index is 0.0787. The summed E-state index contributed by atoms with van der Waals surface area (Å²) in [6.45, 7) is 4.28. The van der Waals surface area contributed by atoms with Crippen LogP contribution in [0.1, 0.15) is 13.8 Å². The normalized spacial score (nSPS) is 16.2. The molecule has 0 bridgehead atoms. The maximum absolute atomic E-state index is 12.4. The molecule has 0 saturated heterocycles. The second kappa shape index (κ2) is 6.97. The van der Waals surface area contributed by atoms with Gasteiger partial charge in [-0.1, -0.05) is 12.1 Å². The molecule has 1 aromatic carbocycles. The summed E-state index contributed by atoms with van der Waals surface area (Å²) < 4.78 is 16.0. The van der Waals surface area contributed by atoms with Gasteiger partial charge < -0.3 is 19.1 Å². The van der Waals surface area contributed by atoms with Gasteiger partial charge in [-0.25, -0.2) is 0 Å². The van der Waals surface area contributed by atoms with Crippen molar-refractivity contribution in [3.63, 3.8) is 0 Å². The summed E-state index contributed by atoms with van der Waals surface area (Å²) in [5.74, 6) is 0.453. The number of carbonyl (C=O) groups is 2. The van der Waals surface area contributed by atoms with Crippen LogP contribution < -0.4 is 9.47 Å². The minimum Gasteiger partial charge on any atom is -0.485 e. The average molecular weight is 293 g/mol. The molecular weight excluding hydrogens is 274 g/mol. The van der Waals surface area contributed by atoms with Gasteiger partial charge in [0, 0.05) is 6.54 Å². The maximum Gasteiger partial charge on any atom is 0.325 e. The predicted molar refractivity (Wildman–Crippen MR) is 75.2 cm³/mol. The lowest BCUT2D eigenvalue weighted by atomic mass is 10.2. The molecule has 0 aromatic heterocycles. The summed E-state index contributed by atoms with van der Waals surface area (Å²) in [4.78, 5) is 25.3. The molecule has 1 amide bonds. The number of rotatable bonds is 5. The maximum atomic E-state index is 12.4. The number of likely N-dealkylation sites (N-methyl/N-ethyl adjacent to an activating group) is 1. The summed E-state index contributed by atoms with van der Waals surface area (Å²) in [5.41, 5.74) is 0. The molecule has 0 aliphatic carbocycles. The smallest absolute Gasteiger partial charge is 0.325 e. The van der Waals surface area contributed by atoms with E-state index in [9.17, 15) is 9.59 Å². The highest BCUT2D eigenvalue weighted by molar-refractivity contribution is 5.85. The van der Waals surface area contributed by atoms with Crippen molar-refractivity contribution in [3.8, 4) is 11.5 Å². The molecule has 1 unspecified atom stereocenters. The van der Waals surface area contributed by atoms with Gasteiger partial charge in [0.1, 0.15) is 13.2 Å². The summed E-state index contributed by atoms with van der Waals surface area (Å²) in [5, 5.41) is 0. The predicted octanol–water partition coefficient (Wildman–Crippen LogP) is 1.24. The Bertz CT molecular complexity index is 517. The lowest BCUT2D eigenvalue weighted by Crippen LogP contribution is -2.48. The van der Waals surface area contributed by atoms with E-state index in [4.69, 9.17) is 14.2 Å². The standard InChI is InChI=1S/C15H19NO5/c1-3-16(9-14(17)19-4-2)15(18)13-10-20-11-7-5-6-8-12(11)21-13/h5-8,13H,3-4,9-10H2,1-2H3. The third-order valence-corrected chi connectivity index (χ3v) is 3.10. The monoisotopic (exact) mass is 293 g/mol. The Kier molecular flexibility index (Phi) is 5.03. The van der Waals surface area contributed by atoms with E-state index in [0.717, 1.165) is 0 Å². The summed E-state index contributed by atoms with van der Waals surface area (Å²) >= 11 is 0. The van der Waals surface area contributed by atoms with E-state index in [2.05, 4.69) is 0 Å². The van der Waals surface area contributed by atoms with Crippen LogP contribution in [-0.4, -0.2) is 49.2 Å². The van der Waals surface area contributed by atoms with Crippen LogP contribution in [0.3, 0.4) is 0 Å². The average Bonchev–Trinajstić information content (AvgIpc) is 2.51.